The van der Waals surface area contributed by atoms with Crippen LogP contribution in [0.4, 0.5) is 0 Å². The van der Waals surface area contributed by atoms with Gasteiger partial charge in [-0.25, -0.2) is 0 Å². The lowest BCUT2D eigenvalue weighted by molar-refractivity contribution is 0.486. The highest BCUT2D eigenvalue weighted by Gasteiger charge is 2.14. The molecule has 2 heterocycles. The standard InChI is InChI=1S/C15H16N2OS/c1-3-5-11(2)17-8-7-12(13(10-16)15(17)18)14-6-4-9-19-14/h4,6-9,11H,3,5H2,1-2H3. The quantitative estimate of drug-likeness (QED) is 0.849. The highest BCUT2D eigenvalue weighted by molar-refractivity contribution is 7.13. The molecule has 0 aliphatic carbocycles. The molecule has 0 bridgehead atoms. The lowest BCUT2D eigenvalue weighted by atomic mass is 10.1. The van der Waals surface area contributed by atoms with Crippen molar-refractivity contribution in [3.05, 3.63) is 45.7 Å². The fraction of sp³-hybridized carbons (Fsp3) is 0.333. The third kappa shape index (κ3) is 2.61. The van der Waals surface area contributed by atoms with Crippen LogP contribution in [0.1, 0.15) is 38.3 Å². The van der Waals surface area contributed by atoms with Crippen LogP contribution in [-0.2, 0) is 0 Å². The molecule has 3 nitrogen and oxygen atoms in total. The van der Waals surface area contributed by atoms with E-state index in [0.717, 1.165) is 23.3 Å². The van der Waals surface area contributed by atoms with E-state index in [9.17, 15) is 10.1 Å². The summed E-state index contributed by atoms with van der Waals surface area (Å²) >= 11 is 1.54. The molecule has 0 spiro atoms. The largest absolute Gasteiger partial charge is 0.312 e. The fourth-order valence-electron chi connectivity index (χ4n) is 2.20. The van der Waals surface area contributed by atoms with Crippen molar-refractivity contribution >= 4 is 11.3 Å². The van der Waals surface area contributed by atoms with Crippen molar-refractivity contribution in [2.24, 2.45) is 0 Å². The van der Waals surface area contributed by atoms with Gasteiger partial charge in [0.1, 0.15) is 11.6 Å². The average molecular weight is 272 g/mol. The van der Waals surface area contributed by atoms with Gasteiger partial charge in [0.05, 0.1) is 0 Å². The van der Waals surface area contributed by atoms with Crippen LogP contribution in [0.2, 0.25) is 0 Å². The van der Waals surface area contributed by atoms with E-state index in [1.165, 1.54) is 11.3 Å². The summed E-state index contributed by atoms with van der Waals surface area (Å²) < 4.78 is 1.67. The maximum atomic E-state index is 12.4. The maximum absolute atomic E-state index is 12.4. The van der Waals surface area contributed by atoms with Gasteiger partial charge >= 0.3 is 0 Å². The predicted octanol–water partition coefficient (Wildman–Crippen LogP) is 3.81. The number of nitrogens with zero attached hydrogens (tertiary/aromatic N) is 2. The highest BCUT2D eigenvalue weighted by atomic mass is 32.1. The Hall–Kier alpha value is -1.86. The van der Waals surface area contributed by atoms with Gasteiger partial charge in [-0.2, -0.15) is 5.26 Å². The molecule has 0 N–H and O–H groups in total. The summed E-state index contributed by atoms with van der Waals surface area (Å²) in [6.45, 7) is 4.10. The van der Waals surface area contributed by atoms with Crippen molar-refractivity contribution in [1.82, 2.24) is 4.57 Å². The van der Waals surface area contributed by atoms with E-state index in [1.54, 1.807) is 10.8 Å². The van der Waals surface area contributed by atoms with Gasteiger partial charge in [-0.15, -0.1) is 11.3 Å². The predicted molar refractivity (Wildman–Crippen MR) is 78.3 cm³/mol. The van der Waals surface area contributed by atoms with E-state index in [-0.39, 0.29) is 17.2 Å². The van der Waals surface area contributed by atoms with Crippen molar-refractivity contribution in [3.63, 3.8) is 0 Å². The van der Waals surface area contributed by atoms with E-state index in [1.807, 2.05) is 30.5 Å². The molecule has 2 aromatic heterocycles. The molecule has 0 aliphatic heterocycles. The average Bonchev–Trinajstić information content (AvgIpc) is 2.92. The molecule has 0 fully saturated rings. The zero-order valence-electron chi connectivity index (χ0n) is 11.1. The molecular formula is C15H16N2OS. The zero-order chi connectivity index (χ0) is 13.8. The third-order valence-corrected chi connectivity index (χ3v) is 4.10. The van der Waals surface area contributed by atoms with Crippen molar-refractivity contribution < 1.29 is 0 Å². The lowest BCUT2D eigenvalue weighted by Gasteiger charge is -2.15. The molecule has 0 saturated carbocycles. The number of thiophene rings is 1. The Balaban J connectivity index is 2.55. The molecule has 19 heavy (non-hydrogen) atoms. The van der Waals surface area contributed by atoms with E-state index in [0.29, 0.717) is 0 Å². The summed E-state index contributed by atoms with van der Waals surface area (Å²) in [4.78, 5) is 13.3. The second-order valence-electron chi connectivity index (χ2n) is 4.54. The maximum Gasteiger partial charge on any atom is 0.269 e. The Bertz CT molecular complexity index is 650. The van der Waals surface area contributed by atoms with Gasteiger partial charge in [-0.3, -0.25) is 4.79 Å². The minimum atomic E-state index is -0.186. The molecule has 98 valence electrons. The first kappa shape index (κ1) is 13.6. The Kier molecular flexibility index (Phi) is 4.18. The number of nitriles is 1. The van der Waals surface area contributed by atoms with Gasteiger partial charge in [0.25, 0.3) is 5.56 Å². The number of aromatic nitrogens is 1. The van der Waals surface area contributed by atoms with Gasteiger partial charge in [0.15, 0.2) is 0 Å². The molecule has 1 atom stereocenters. The summed E-state index contributed by atoms with van der Waals surface area (Å²) in [5.74, 6) is 0. The van der Waals surface area contributed by atoms with Crippen LogP contribution in [-0.4, -0.2) is 4.57 Å². The summed E-state index contributed by atoms with van der Waals surface area (Å²) in [5, 5.41) is 11.2. The second kappa shape index (κ2) is 5.85. The second-order valence-corrected chi connectivity index (χ2v) is 5.49. The first-order valence-corrected chi connectivity index (χ1v) is 7.26. The molecule has 2 aromatic rings. The van der Waals surface area contributed by atoms with Gasteiger partial charge in [-0.05, 0) is 30.9 Å². The number of pyridine rings is 1. The highest BCUT2D eigenvalue weighted by Crippen LogP contribution is 2.26. The SMILES string of the molecule is CCCC(C)n1ccc(-c2cccs2)c(C#N)c1=O. The Labute approximate surface area is 116 Å². The number of hydrogen-bond donors (Lipinski definition) is 0. The van der Waals surface area contributed by atoms with Crippen LogP contribution in [0, 0.1) is 11.3 Å². The zero-order valence-corrected chi connectivity index (χ0v) is 11.9. The number of hydrogen-bond acceptors (Lipinski definition) is 3. The molecule has 2 rings (SSSR count). The molecule has 0 radical (unpaired) electrons. The first-order valence-electron chi connectivity index (χ1n) is 6.38. The number of rotatable bonds is 4. The van der Waals surface area contributed by atoms with E-state index in [4.69, 9.17) is 0 Å². The normalized spacial score (nSPS) is 12.1. The van der Waals surface area contributed by atoms with E-state index < -0.39 is 0 Å². The Morgan fingerprint density at radius 1 is 1.47 bits per heavy atom. The lowest BCUT2D eigenvalue weighted by Crippen LogP contribution is -2.25. The smallest absolute Gasteiger partial charge is 0.269 e. The topological polar surface area (TPSA) is 45.8 Å². The fourth-order valence-corrected chi connectivity index (χ4v) is 2.96. The molecule has 4 heteroatoms. The van der Waals surface area contributed by atoms with Gasteiger partial charge in [-0.1, -0.05) is 19.4 Å². The van der Waals surface area contributed by atoms with Crippen LogP contribution in [0.3, 0.4) is 0 Å². The van der Waals surface area contributed by atoms with Gasteiger partial charge < -0.3 is 4.57 Å². The van der Waals surface area contributed by atoms with Crippen LogP contribution < -0.4 is 5.56 Å². The molecule has 0 amide bonds. The molecule has 1 unspecified atom stereocenters. The van der Waals surface area contributed by atoms with Crippen molar-refractivity contribution in [3.8, 4) is 16.5 Å². The molecule has 0 aromatic carbocycles. The molecule has 0 saturated heterocycles. The first-order chi connectivity index (χ1) is 9.19. The molecule has 0 aliphatic rings. The van der Waals surface area contributed by atoms with Crippen LogP contribution in [0.25, 0.3) is 10.4 Å². The van der Waals surface area contributed by atoms with Crippen LogP contribution >= 0.6 is 11.3 Å². The van der Waals surface area contributed by atoms with Crippen LogP contribution in [0.5, 0.6) is 0 Å². The Morgan fingerprint density at radius 3 is 2.84 bits per heavy atom. The van der Waals surface area contributed by atoms with Crippen molar-refractivity contribution in [1.29, 1.82) is 5.26 Å². The van der Waals surface area contributed by atoms with E-state index in [2.05, 4.69) is 13.0 Å². The van der Waals surface area contributed by atoms with Crippen molar-refractivity contribution in [2.75, 3.05) is 0 Å². The van der Waals surface area contributed by atoms with Gasteiger partial charge in [0.2, 0.25) is 0 Å². The summed E-state index contributed by atoms with van der Waals surface area (Å²) in [6, 6.07) is 7.92. The minimum Gasteiger partial charge on any atom is -0.312 e. The summed E-state index contributed by atoms with van der Waals surface area (Å²) in [5.41, 5.74) is 0.796. The summed E-state index contributed by atoms with van der Waals surface area (Å²) in [6.07, 6.45) is 3.75. The van der Waals surface area contributed by atoms with Crippen LogP contribution in [0.15, 0.2) is 34.6 Å². The monoisotopic (exact) mass is 272 g/mol. The van der Waals surface area contributed by atoms with Gasteiger partial charge in [0, 0.05) is 22.7 Å². The third-order valence-electron chi connectivity index (χ3n) is 3.20. The van der Waals surface area contributed by atoms with Crippen molar-refractivity contribution in [2.45, 2.75) is 32.7 Å². The summed E-state index contributed by atoms with van der Waals surface area (Å²) in [7, 11) is 0. The minimum absolute atomic E-state index is 0.127. The molecular weight excluding hydrogens is 256 g/mol. The van der Waals surface area contributed by atoms with E-state index >= 15 is 0 Å². The Morgan fingerprint density at radius 2 is 2.26 bits per heavy atom.